The molecule has 1 saturated heterocycles. The van der Waals surface area contributed by atoms with E-state index in [0.29, 0.717) is 0 Å². The standard InChI is InChI=1S/C22H27N5O/c1-2-17(16-28)23-21-19-10-6-7-11-20(19)24-22(25-21)27-14-12-26(13-15-27)18-8-4-3-5-9-18/h3-11,17,28H,2,12-16H2,1H3,(H,23,24,25). The number of nitrogens with one attached hydrogen (secondary N) is 1. The van der Waals surface area contributed by atoms with Crippen LogP contribution in [-0.2, 0) is 0 Å². The Morgan fingerprint density at radius 2 is 1.61 bits per heavy atom. The topological polar surface area (TPSA) is 64.5 Å². The molecule has 28 heavy (non-hydrogen) atoms. The summed E-state index contributed by atoms with van der Waals surface area (Å²) in [7, 11) is 0. The molecule has 2 aromatic carbocycles. The highest BCUT2D eigenvalue weighted by atomic mass is 16.3. The smallest absolute Gasteiger partial charge is 0.228 e. The van der Waals surface area contributed by atoms with Crippen molar-refractivity contribution >= 4 is 28.4 Å². The summed E-state index contributed by atoms with van der Waals surface area (Å²) >= 11 is 0. The summed E-state index contributed by atoms with van der Waals surface area (Å²) in [6, 6.07) is 18.6. The Balaban J connectivity index is 1.57. The van der Waals surface area contributed by atoms with Gasteiger partial charge in [-0.1, -0.05) is 37.3 Å². The molecule has 1 aromatic heterocycles. The maximum absolute atomic E-state index is 9.59. The molecule has 1 aliphatic heterocycles. The summed E-state index contributed by atoms with van der Waals surface area (Å²) in [5.74, 6) is 1.55. The number of nitrogens with zero attached hydrogens (tertiary/aromatic N) is 4. The van der Waals surface area contributed by atoms with Gasteiger partial charge in [0.2, 0.25) is 5.95 Å². The molecule has 0 spiro atoms. The first kappa shape index (κ1) is 18.5. The maximum atomic E-state index is 9.59. The van der Waals surface area contributed by atoms with Crippen LogP contribution in [0.15, 0.2) is 54.6 Å². The molecule has 0 saturated carbocycles. The lowest BCUT2D eigenvalue weighted by Crippen LogP contribution is -2.47. The van der Waals surface area contributed by atoms with Gasteiger partial charge in [-0.3, -0.25) is 0 Å². The summed E-state index contributed by atoms with van der Waals surface area (Å²) in [6.07, 6.45) is 0.833. The van der Waals surface area contributed by atoms with Crippen molar-refractivity contribution < 1.29 is 5.11 Å². The van der Waals surface area contributed by atoms with Crippen LogP contribution in [0, 0.1) is 0 Å². The fourth-order valence-electron chi connectivity index (χ4n) is 3.59. The van der Waals surface area contributed by atoms with Gasteiger partial charge in [0, 0.05) is 37.3 Å². The van der Waals surface area contributed by atoms with Gasteiger partial charge in [0.1, 0.15) is 5.82 Å². The highest BCUT2D eigenvalue weighted by Gasteiger charge is 2.21. The molecule has 146 valence electrons. The van der Waals surface area contributed by atoms with E-state index >= 15 is 0 Å². The molecule has 0 radical (unpaired) electrons. The molecule has 1 unspecified atom stereocenters. The molecular weight excluding hydrogens is 350 g/mol. The van der Waals surface area contributed by atoms with E-state index in [-0.39, 0.29) is 12.6 Å². The Bertz CT molecular complexity index is 905. The molecule has 3 aromatic rings. The largest absolute Gasteiger partial charge is 0.394 e. The Hall–Kier alpha value is -2.86. The molecule has 0 bridgehead atoms. The van der Waals surface area contributed by atoms with E-state index in [4.69, 9.17) is 9.97 Å². The zero-order valence-corrected chi connectivity index (χ0v) is 16.3. The van der Waals surface area contributed by atoms with Crippen LogP contribution >= 0.6 is 0 Å². The average molecular weight is 377 g/mol. The summed E-state index contributed by atoms with van der Waals surface area (Å²) in [5.41, 5.74) is 2.19. The fourth-order valence-corrected chi connectivity index (χ4v) is 3.59. The van der Waals surface area contributed by atoms with Crippen molar-refractivity contribution in [2.24, 2.45) is 0 Å². The summed E-state index contributed by atoms with van der Waals surface area (Å²) in [6.45, 7) is 5.78. The lowest BCUT2D eigenvalue weighted by Gasteiger charge is -2.36. The number of hydrogen-bond acceptors (Lipinski definition) is 6. The minimum Gasteiger partial charge on any atom is -0.394 e. The Kier molecular flexibility index (Phi) is 5.58. The van der Waals surface area contributed by atoms with Gasteiger partial charge in [-0.2, -0.15) is 4.98 Å². The average Bonchev–Trinajstić information content (AvgIpc) is 2.78. The SMILES string of the molecule is CCC(CO)Nc1nc(N2CCN(c3ccccc3)CC2)nc2ccccc12. The van der Waals surface area contributed by atoms with Gasteiger partial charge >= 0.3 is 0 Å². The lowest BCUT2D eigenvalue weighted by molar-refractivity contribution is 0.271. The first-order valence-corrected chi connectivity index (χ1v) is 9.97. The van der Waals surface area contributed by atoms with Crippen molar-refractivity contribution in [3.63, 3.8) is 0 Å². The van der Waals surface area contributed by atoms with E-state index in [9.17, 15) is 5.11 Å². The monoisotopic (exact) mass is 377 g/mol. The Morgan fingerprint density at radius 1 is 0.929 bits per heavy atom. The van der Waals surface area contributed by atoms with Crippen LogP contribution in [0.1, 0.15) is 13.3 Å². The normalized spacial score (nSPS) is 15.6. The molecule has 1 aliphatic rings. The zero-order valence-electron chi connectivity index (χ0n) is 16.3. The van der Waals surface area contributed by atoms with Crippen LogP contribution < -0.4 is 15.1 Å². The predicted octanol–water partition coefficient (Wildman–Crippen LogP) is 3.14. The van der Waals surface area contributed by atoms with Crippen LogP contribution in [0.5, 0.6) is 0 Å². The molecule has 0 aliphatic carbocycles. The van der Waals surface area contributed by atoms with Gasteiger partial charge in [-0.25, -0.2) is 4.98 Å². The molecule has 0 amide bonds. The van der Waals surface area contributed by atoms with Gasteiger partial charge in [-0.15, -0.1) is 0 Å². The van der Waals surface area contributed by atoms with Gasteiger partial charge in [0.15, 0.2) is 0 Å². The number of hydrogen-bond donors (Lipinski definition) is 2. The number of rotatable bonds is 6. The third-order valence-corrected chi connectivity index (χ3v) is 5.33. The number of anilines is 3. The van der Waals surface area contributed by atoms with E-state index in [1.165, 1.54) is 5.69 Å². The maximum Gasteiger partial charge on any atom is 0.228 e. The van der Waals surface area contributed by atoms with E-state index < -0.39 is 0 Å². The highest BCUT2D eigenvalue weighted by Crippen LogP contribution is 2.25. The van der Waals surface area contributed by atoms with Crippen LogP contribution in [-0.4, -0.2) is 53.9 Å². The molecule has 2 heterocycles. The Labute approximate surface area is 165 Å². The number of aliphatic hydroxyl groups excluding tert-OH is 1. The predicted molar refractivity (Wildman–Crippen MR) is 115 cm³/mol. The molecule has 1 fully saturated rings. The van der Waals surface area contributed by atoms with Crippen LogP contribution in [0.4, 0.5) is 17.5 Å². The molecule has 6 heteroatoms. The number of benzene rings is 2. The first-order valence-electron chi connectivity index (χ1n) is 9.97. The van der Waals surface area contributed by atoms with Crippen molar-refractivity contribution in [1.29, 1.82) is 0 Å². The fraction of sp³-hybridized carbons (Fsp3) is 0.364. The summed E-state index contributed by atoms with van der Waals surface area (Å²) in [4.78, 5) is 14.3. The van der Waals surface area contributed by atoms with Gasteiger partial charge in [-0.05, 0) is 30.7 Å². The van der Waals surface area contributed by atoms with E-state index in [0.717, 1.165) is 55.3 Å². The van der Waals surface area contributed by atoms with Crippen molar-refractivity contribution in [2.75, 3.05) is 47.9 Å². The highest BCUT2D eigenvalue weighted by molar-refractivity contribution is 5.90. The summed E-state index contributed by atoms with van der Waals surface area (Å²) < 4.78 is 0. The van der Waals surface area contributed by atoms with Crippen LogP contribution in [0.3, 0.4) is 0 Å². The van der Waals surface area contributed by atoms with Gasteiger partial charge in [0.25, 0.3) is 0 Å². The Morgan fingerprint density at radius 3 is 2.32 bits per heavy atom. The third-order valence-electron chi connectivity index (χ3n) is 5.33. The molecule has 6 nitrogen and oxygen atoms in total. The van der Waals surface area contributed by atoms with Crippen LogP contribution in [0.2, 0.25) is 0 Å². The second kappa shape index (κ2) is 8.44. The van der Waals surface area contributed by atoms with Crippen LogP contribution in [0.25, 0.3) is 10.9 Å². The first-order chi connectivity index (χ1) is 13.8. The van der Waals surface area contributed by atoms with E-state index in [2.05, 4.69) is 46.3 Å². The molecule has 4 rings (SSSR count). The number of aliphatic hydroxyl groups is 1. The van der Waals surface area contributed by atoms with E-state index in [1.54, 1.807) is 0 Å². The number of fused-ring (bicyclic) bond motifs is 1. The number of para-hydroxylation sites is 2. The summed E-state index contributed by atoms with van der Waals surface area (Å²) in [5, 5.41) is 14.0. The minimum atomic E-state index is -0.0129. The second-order valence-corrected chi connectivity index (χ2v) is 7.13. The molecule has 2 N–H and O–H groups in total. The quantitative estimate of drug-likeness (QED) is 0.688. The number of aromatic nitrogens is 2. The lowest BCUT2D eigenvalue weighted by atomic mass is 10.2. The third kappa shape index (κ3) is 3.87. The molecule has 1 atom stereocenters. The van der Waals surface area contributed by atoms with Crippen molar-refractivity contribution in [2.45, 2.75) is 19.4 Å². The van der Waals surface area contributed by atoms with E-state index in [1.807, 2.05) is 30.3 Å². The minimum absolute atomic E-state index is 0.0129. The van der Waals surface area contributed by atoms with Crippen molar-refractivity contribution in [3.8, 4) is 0 Å². The zero-order chi connectivity index (χ0) is 19.3. The second-order valence-electron chi connectivity index (χ2n) is 7.13. The molecular formula is C22H27N5O. The van der Waals surface area contributed by atoms with Gasteiger partial charge in [0.05, 0.1) is 18.2 Å². The van der Waals surface area contributed by atoms with Gasteiger partial charge < -0.3 is 20.2 Å². The van der Waals surface area contributed by atoms with Crippen molar-refractivity contribution in [1.82, 2.24) is 9.97 Å². The number of piperazine rings is 1. The van der Waals surface area contributed by atoms with Crippen molar-refractivity contribution in [3.05, 3.63) is 54.6 Å².